The van der Waals surface area contributed by atoms with Gasteiger partial charge in [-0.1, -0.05) is 12.1 Å². The van der Waals surface area contributed by atoms with Gasteiger partial charge >= 0.3 is 0 Å². The van der Waals surface area contributed by atoms with Gasteiger partial charge in [0, 0.05) is 30.4 Å². The highest BCUT2D eigenvalue weighted by Crippen LogP contribution is 2.32. The van der Waals surface area contributed by atoms with Crippen molar-refractivity contribution >= 4 is 21.4 Å². The first-order valence-corrected chi connectivity index (χ1v) is 8.95. The zero-order chi connectivity index (χ0) is 17.5. The topological polar surface area (TPSA) is 107 Å². The summed E-state index contributed by atoms with van der Waals surface area (Å²) < 4.78 is 22.9. The molecule has 0 amide bonds. The van der Waals surface area contributed by atoms with Crippen LogP contribution in [0.25, 0.3) is 0 Å². The molecule has 3 rings (SSSR count). The highest BCUT2D eigenvalue weighted by atomic mass is 32.2. The van der Waals surface area contributed by atoms with Gasteiger partial charge in [0.25, 0.3) is 5.69 Å². The number of nitro groups is 1. The molecular weight excluding hydrogens is 330 g/mol. The first-order valence-electron chi connectivity index (χ1n) is 7.41. The van der Waals surface area contributed by atoms with Crippen LogP contribution in [0.2, 0.25) is 0 Å². The molecule has 0 saturated heterocycles. The Hall–Kier alpha value is -2.45. The van der Waals surface area contributed by atoms with Gasteiger partial charge in [-0.3, -0.25) is 10.1 Å². The smallest absolute Gasteiger partial charge is 0.272 e. The van der Waals surface area contributed by atoms with Crippen molar-refractivity contribution in [2.24, 2.45) is 5.14 Å². The summed E-state index contributed by atoms with van der Waals surface area (Å²) in [6, 6.07) is 9.89. The molecule has 24 heavy (non-hydrogen) atoms. The SMILES string of the molecule is Cc1c(CN2CCc3cc(S(N)(=O)=O)ccc32)cccc1[N+](=O)[O-]. The first kappa shape index (κ1) is 16.4. The molecular formula is C16H17N3O4S. The van der Waals surface area contributed by atoms with E-state index in [1.807, 2.05) is 6.07 Å². The lowest BCUT2D eigenvalue weighted by Crippen LogP contribution is -2.20. The Morgan fingerprint density at radius 1 is 1.29 bits per heavy atom. The van der Waals surface area contributed by atoms with Gasteiger partial charge in [0.1, 0.15) is 0 Å². The molecule has 126 valence electrons. The Labute approximate surface area is 139 Å². The van der Waals surface area contributed by atoms with E-state index in [1.54, 1.807) is 25.1 Å². The third-order valence-corrected chi connectivity index (χ3v) is 5.26. The van der Waals surface area contributed by atoms with E-state index in [-0.39, 0.29) is 15.5 Å². The second-order valence-corrected chi connectivity index (χ2v) is 7.39. The summed E-state index contributed by atoms with van der Waals surface area (Å²) in [5.74, 6) is 0. The average Bonchev–Trinajstić information content (AvgIpc) is 2.90. The van der Waals surface area contributed by atoms with Gasteiger partial charge in [-0.25, -0.2) is 13.6 Å². The van der Waals surface area contributed by atoms with Crippen molar-refractivity contribution < 1.29 is 13.3 Å². The van der Waals surface area contributed by atoms with E-state index in [0.717, 1.165) is 23.4 Å². The lowest BCUT2D eigenvalue weighted by Gasteiger charge is -2.20. The molecule has 2 aromatic rings. The normalized spacial score (nSPS) is 13.8. The fraction of sp³-hybridized carbons (Fsp3) is 0.250. The molecule has 0 bridgehead atoms. The van der Waals surface area contributed by atoms with Crippen LogP contribution in [0, 0.1) is 17.0 Å². The van der Waals surface area contributed by atoms with Gasteiger partial charge in [-0.2, -0.15) is 0 Å². The zero-order valence-electron chi connectivity index (χ0n) is 13.1. The van der Waals surface area contributed by atoms with Crippen molar-refractivity contribution in [3.8, 4) is 0 Å². The summed E-state index contributed by atoms with van der Waals surface area (Å²) >= 11 is 0. The molecule has 0 aliphatic carbocycles. The van der Waals surface area contributed by atoms with Gasteiger partial charge in [0.15, 0.2) is 0 Å². The molecule has 0 aromatic heterocycles. The van der Waals surface area contributed by atoms with E-state index in [2.05, 4.69) is 4.90 Å². The van der Waals surface area contributed by atoms with Gasteiger partial charge in [-0.15, -0.1) is 0 Å². The van der Waals surface area contributed by atoms with Crippen molar-refractivity contribution in [2.75, 3.05) is 11.4 Å². The highest BCUT2D eigenvalue weighted by Gasteiger charge is 2.23. The highest BCUT2D eigenvalue weighted by molar-refractivity contribution is 7.89. The lowest BCUT2D eigenvalue weighted by molar-refractivity contribution is -0.385. The van der Waals surface area contributed by atoms with Crippen LogP contribution >= 0.6 is 0 Å². The number of sulfonamides is 1. The average molecular weight is 347 g/mol. The van der Waals surface area contributed by atoms with Gasteiger partial charge in [-0.05, 0) is 42.7 Å². The van der Waals surface area contributed by atoms with E-state index in [0.29, 0.717) is 18.5 Å². The lowest BCUT2D eigenvalue weighted by atomic mass is 10.1. The number of nitrogens with two attached hydrogens (primary N) is 1. The number of rotatable bonds is 4. The van der Waals surface area contributed by atoms with Crippen LogP contribution in [0.5, 0.6) is 0 Å². The van der Waals surface area contributed by atoms with E-state index >= 15 is 0 Å². The maximum atomic E-state index is 11.5. The number of nitro benzene ring substituents is 1. The standard InChI is InChI=1S/C16H17N3O4S/c1-11-13(3-2-4-15(11)19(20)21)10-18-8-7-12-9-14(24(17,22)23)5-6-16(12)18/h2-6,9H,7-8,10H2,1H3,(H2,17,22,23). The van der Waals surface area contributed by atoms with Crippen LogP contribution in [0.15, 0.2) is 41.3 Å². The van der Waals surface area contributed by atoms with Gasteiger partial charge in [0.2, 0.25) is 10.0 Å². The maximum absolute atomic E-state index is 11.5. The number of anilines is 1. The molecule has 0 spiro atoms. The molecule has 0 radical (unpaired) electrons. The largest absolute Gasteiger partial charge is 0.367 e. The Morgan fingerprint density at radius 3 is 2.71 bits per heavy atom. The summed E-state index contributed by atoms with van der Waals surface area (Å²) in [6.07, 6.45) is 0.715. The third-order valence-electron chi connectivity index (χ3n) is 4.35. The summed E-state index contributed by atoms with van der Waals surface area (Å²) in [5.41, 5.74) is 3.50. The molecule has 2 N–H and O–H groups in total. The van der Waals surface area contributed by atoms with Crippen molar-refractivity contribution in [3.05, 3.63) is 63.2 Å². The van der Waals surface area contributed by atoms with Crippen molar-refractivity contribution in [1.82, 2.24) is 0 Å². The van der Waals surface area contributed by atoms with Crippen LogP contribution in [0.3, 0.4) is 0 Å². The maximum Gasteiger partial charge on any atom is 0.272 e. The molecule has 0 unspecified atom stereocenters. The minimum absolute atomic E-state index is 0.106. The third kappa shape index (κ3) is 2.98. The number of primary sulfonamides is 1. The summed E-state index contributed by atoms with van der Waals surface area (Å²) in [6.45, 7) is 3.01. The van der Waals surface area contributed by atoms with E-state index in [9.17, 15) is 18.5 Å². The number of fused-ring (bicyclic) bond motifs is 1. The van der Waals surface area contributed by atoms with Crippen LogP contribution in [0.1, 0.15) is 16.7 Å². The monoisotopic (exact) mass is 347 g/mol. The first-order chi connectivity index (χ1) is 11.3. The van der Waals surface area contributed by atoms with E-state index in [4.69, 9.17) is 5.14 Å². The summed E-state index contributed by atoms with van der Waals surface area (Å²) in [5, 5.41) is 16.2. The minimum atomic E-state index is -3.72. The molecule has 1 aliphatic rings. The van der Waals surface area contributed by atoms with Crippen molar-refractivity contribution in [1.29, 1.82) is 0 Å². The Bertz CT molecular complexity index is 925. The predicted octanol–water partition coefficient (Wildman–Crippen LogP) is 2.11. The minimum Gasteiger partial charge on any atom is -0.367 e. The molecule has 1 heterocycles. The van der Waals surface area contributed by atoms with Gasteiger partial charge in [0.05, 0.1) is 9.82 Å². The number of hydrogen-bond acceptors (Lipinski definition) is 5. The predicted molar refractivity (Wildman–Crippen MR) is 90.4 cm³/mol. The van der Waals surface area contributed by atoms with Crippen LogP contribution in [-0.2, 0) is 23.0 Å². The summed E-state index contributed by atoms with van der Waals surface area (Å²) in [4.78, 5) is 12.9. The zero-order valence-corrected chi connectivity index (χ0v) is 13.9. The Kier molecular flexibility index (Phi) is 4.02. The molecule has 2 aromatic carbocycles. The second-order valence-electron chi connectivity index (χ2n) is 5.83. The van der Waals surface area contributed by atoms with E-state index < -0.39 is 10.0 Å². The van der Waals surface area contributed by atoms with Crippen LogP contribution in [-0.4, -0.2) is 19.9 Å². The fourth-order valence-electron chi connectivity index (χ4n) is 3.03. The molecule has 0 fully saturated rings. The molecule has 7 nitrogen and oxygen atoms in total. The molecule has 8 heteroatoms. The Balaban J connectivity index is 1.91. The number of nitrogens with zero attached hydrogens (tertiary/aromatic N) is 2. The number of benzene rings is 2. The number of hydrogen-bond donors (Lipinski definition) is 1. The van der Waals surface area contributed by atoms with E-state index in [1.165, 1.54) is 12.1 Å². The van der Waals surface area contributed by atoms with Crippen molar-refractivity contribution in [3.63, 3.8) is 0 Å². The van der Waals surface area contributed by atoms with Crippen LogP contribution < -0.4 is 10.0 Å². The quantitative estimate of drug-likeness (QED) is 0.673. The second kappa shape index (κ2) is 5.88. The Morgan fingerprint density at radius 2 is 2.04 bits per heavy atom. The molecule has 0 saturated carbocycles. The van der Waals surface area contributed by atoms with Crippen LogP contribution in [0.4, 0.5) is 11.4 Å². The molecule has 1 aliphatic heterocycles. The molecule has 0 atom stereocenters. The fourth-order valence-corrected chi connectivity index (χ4v) is 3.60. The van der Waals surface area contributed by atoms with Gasteiger partial charge < -0.3 is 4.90 Å². The summed E-state index contributed by atoms with van der Waals surface area (Å²) in [7, 11) is -3.72. The van der Waals surface area contributed by atoms with Crippen molar-refractivity contribution in [2.45, 2.75) is 24.8 Å².